The van der Waals surface area contributed by atoms with E-state index >= 15 is 0 Å². The van der Waals surface area contributed by atoms with Crippen LogP contribution in [0.2, 0.25) is 5.02 Å². The van der Waals surface area contributed by atoms with Crippen LogP contribution in [0.15, 0.2) is 6.07 Å². The molecule has 0 radical (unpaired) electrons. The highest BCUT2D eigenvalue weighted by Gasteiger charge is 2.13. The van der Waals surface area contributed by atoms with Crippen LogP contribution in [-0.2, 0) is 0 Å². The Hall–Kier alpha value is -1.20. The highest BCUT2D eigenvalue weighted by Crippen LogP contribution is 2.33. The van der Waals surface area contributed by atoms with Crippen molar-refractivity contribution in [3.8, 4) is 0 Å². The zero-order valence-corrected chi connectivity index (χ0v) is 8.11. The summed E-state index contributed by atoms with van der Waals surface area (Å²) in [6.45, 7) is 0.0717. The van der Waals surface area contributed by atoms with Crippen LogP contribution in [0.5, 0.6) is 0 Å². The molecule has 0 amide bonds. The normalized spacial score (nSPS) is 10.2. The first-order valence-electron chi connectivity index (χ1n) is 3.95. The average Bonchev–Trinajstić information content (AvgIpc) is 2.14. The maximum absolute atomic E-state index is 13.4. The van der Waals surface area contributed by atoms with Gasteiger partial charge in [0, 0.05) is 6.54 Å². The molecule has 1 aromatic rings. The van der Waals surface area contributed by atoms with Gasteiger partial charge in [-0.25, -0.2) is 4.39 Å². The summed E-state index contributed by atoms with van der Waals surface area (Å²) in [5.74, 6) is -0.697. The largest absolute Gasteiger partial charge is 0.397 e. The Labute approximate surface area is 85.7 Å². The fourth-order valence-corrected chi connectivity index (χ4v) is 1.18. The summed E-state index contributed by atoms with van der Waals surface area (Å²) in [4.78, 5) is 0. The Kier molecular flexibility index (Phi) is 3.38. The van der Waals surface area contributed by atoms with Crippen molar-refractivity contribution in [2.24, 2.45) is 0 Å². The van der Waals surface area contributed by atoms with E-state index in [9.17, 15) is 4.39 Å². The van der Waals surface area contributed by atoms with Gasteiger partial charge in [0.15, 0.2) is 5.82 Å². The quantitative estimate of drug-likeness (QED) is 0.573. The lowest BCUT2D eigenvalue weighted by molar-refractivity contribution is 0.311. The molecule has 4 nitrogen and oxygen atoms in total. The molecule has 14 heavy (non-hydrogen) atoms. The Bertz CT molecular complexity index is 346. The molecule has 0 unspecified atom stereocenters. The number of benzene rings is 1. The number of nitrogens with one attached hydrogen (secondary N) is 1. The van der Waals surface area contributed by atoms with Crippen LogP contribution in [0.3, 0.4) is 0 Å². The Morgan fingerprint density at radius 2 is 2.07 bits per heavy atom. The lowest BCUT2D eigenvalue weighted by Crippen LogP contribution is -2.10. The van der Waals surface area contributed by atoms with Crippen LogP contribution >= 0.6 is 11.6 Å². The Morgan fingerprint density at radius 3 is 2.64 bits per heavy atom. The van der Waals surface area contributed by atoms with Gasteiger partial charge in [0.25, 0.3) is 0 Å². The van der Waals surface area contributed by atoms with E-state index in [0.717, 1.165) is 0 Å². The van der Waals surface area contributed by atoms with E-state index in [2.05, 4.69) is 5.32 Å². The molecule has 0 saturated carbocycles. The van der Waals surface area contributed by atoms with Gasteiger partial charge < -0.3 is 21.9 Å². The van der Waals surface area contributed by atoms with Crippen molar-refractivity contribution in [2.45, 2.75) is 0 Å². The molecular weight excluding hydrogens is 209 g/mol. The van der Waals surface area contributed by atoms with E-state index in [-0.39, 0.29) is 35.2 Å². The molecule has 78 valence electrons. The molecule has 0 atom stereocenters. The monoisotopic (exact) mass is 219 g/mol. The van der Waals surface area contributed by atoms with E-state index in [0.29, 0.717) is 0 Å². The summed E-state index contributed by atoms with van der Waals surface area (Å²) in [6.07, 6.45) is 0. The van der Waals surface area contributed by atoms with E-state index in [4.69, 9.17) is 28.2 Å². The fraction of sp³-hybridized carbons (Fsp3) is 0.250. The standard InChI is InChI=1S/C8H11ClFN3O/c9-6-4(11)3-5(12)8(7(6)10)13-1-2-14/h3,13-14H,1-2,11-12H2. The molecular formula is C8H11ClFN3O. The first kappa shape index (κ1) is 10.9. The molecule has 6 heteroatoms. The van der Waals surface area contributed by atoms with Gasteiger partial charge in [-0.3, -0.25) is 0 Å². The minimum Gasteiger partial charge on any atom is -0.397 e. The summed E-state index contributed by atoms with van der Waals surface area (Å²) in [7, 11) is 0. The topological polar surface area (TPSA) is 84.3 Å². The third kappa shape index (κ3) is 2.00. The van der Waals surface area contributed by atoms with Crippen molar-refractivity contribution >= 4 is 28.7 Å². The van der Waals surface area contributed by atoms with Gasteiger partial charge in [-0.15, -0.1) is 0 Å². The number of aliphatic hydroxyl groups is 1. The smallest absolute Gasteiger partial charge is 0.169 e. The van der Waals surface area contributed by atoms with Crippen LogP contribution in [0, 0.1) is 5.82 Å². The first-order chi connectivity index (χ1) is 6.57. The Balaban J connectivity index is 3.09. The van der Waals surface area contributed by atoms with Crippen LogP contribution in [0.4, 0.5) is 21.5 Å². The molecule has 0 aliphatic heterocycles. The molecule has 1 rings (SSSR count). The predicted octanol–water partition coefficient (Wildman–Crippen LogP) is 1.05. The predicted molar refractivity (Wildman–Crippen MR) is 55.8 cm³/mol. The van der Waals surface area contributed by atoms with Crippen molar-refractivity contribution < 1.29 is 9.50 Å². The zero-order valence-electron chi connectivity index (χ0n) is 7.35. The minimum absolute atomic E-state index is 0.0678. The number of anilines is 3. The second-order valence-corrected chi connectivity index (χ2v) is 3.09. The number of hydrogen-bond acceptors (Lipinski definition) is 4. The summed E-state index contributed by atoms with van der Waals surface area (Å²) in [5.41, 5.74) is 11.2. The molecule has 0 aliphatic rings. The van der Waals surface area contributed by atoms with E-state index in [1.807, 2.05) is 0 Å². The van der Waals surface area contributed by atoms with Crippen LogP contribution in [-0.4, -0.2) is 18.3 Å². The molecule has 0 heterocycles. The van der Waals surface area contributed by atoms with Gasteiger partial charge in [0.05, 0.1) is 23.7 Å². The third-order valence-corrected chi connectivity index (χ3v) is 2.06. The maximum atomic E-state index is 13.4. The first-order valence-corrected chi connectivity index (χ1v) is 4.33. The molecule has 0 spiro atoms. The minimum atomic E-state index is -0.697. The number of nitrogens with two attached hydrogens (primary N) is 2. The fourth-order valence-electron chi connectivity index (χ4n) is 1.03. The summed E-state index contributed by atoms with van der Waals surface area (Å²) in [5, 5.41) is 11.0. The van der Waals surface area contributed by atoms with Crippen molar-refractivity contribution in [1.82, 2.24) is 0 Å². The van der Waals surface area contributed by atoms with E-state index in [1.165, 1.54) is 6.07 Å². The van der Waals surface area contributed by atoms with Crippen LogP contribution in [0.1, 0.15) is 0 Å². The number of hydrogen-bond donors (Lipinski definition) is 4. The van der Waals surface area contributed by atoms with Crippen molar-refractivity contribution in [3.63, 3.8) is 0 Å². The van der Waals surface area contributed by atoms with E-state index < -0.39 is 5.82 Å². The van der Waals surface area contributed by atoms with Crippen LogP contribution in [0.25, 0.3) is 0 Å². The number of nitrogen functional groups attached to an aromatic ring is 2. The van der Waals surface area contributed by atoms with Gasteiger partial charge in [-0.1, -0.05) is 11.6 Å². The summed E-state index contributed by atoms with van der Waals surface area (Å²) >= 11 is 5.58. The Morgan fingerprint density at radius 1 is 1.43 bits per heavy atom. The zero-order chi connectivity index (χ0) is 10.7. The molecule has 6 N–H and O–H groups in total. The number of rotatable bonds is 3. The lowest BCUT2D eigenvalue weighted by Gasteiger charge is -2.11. The molecule has 0 fully saturated rings. The number of aliphatic hydroxyl groups excluding tert-OH is 1. The third-order valence-electron chi connectivity index (χ3n) is 1.68. The SMILES string of the molecule is Nc1cc(N)c(NCCO)c(F)c1Cl. The van der Waals surface area contributed by atoms with Gasteiger partial charge in [0.2, 0.25) is 0 Å². The average molecular weight is 220 g/mol. The highest BCUT2D eigenvalue weighted by molar-refractivity contribution is 6.33. The second-order valence-electron chi connectivity index (χ2n) is 2.71. The summed E-state index contributed by atoms with van der Waals surface area (Å²) < 4.78 is 13.4. The highest BCUT2D eigenvalue weighted by atomic mass is 35.5. The molecule has 0 bridgehead atoms. The van der Waals surface area contributed by atoms with E-state index in [1.54, 1.807) is 0 Å². The van der Waals surface area contributed by atoms with Gasteiger partial charge in [-0.05, 0) is 6.07 Å². The van der Waals surface area contributed by atoms with Crippen molar-refractivity contribution in [3.05, 3.63) is 16.9 Å². The van der Waals surface area contributed by atoms with Crippen molar-refractivity contribution in [1.29, 1.82) is 0 Å². The second kappa shape index (κ2) is 4.34. The van der Waals surface area contributed by atoms with Gasteiger partial charge >= 0.3 is 0 Å². The van der Waals surface area contributed by atoms with Crippen molar-refractivity contribution in [2.75, 3.05) is 29.9 Å². The molecule has 1 aromatic carbocycles. The van der Waals surface area contributed by atoms with Gasteiger partial charge in [0.1, 0.15) is 5.02 Å². The molecule has 0 saturated heterocycles. The maximum Gasteiger partial charge on any atom is 0.169 e. The number of halogens is 2. The summed E-state index contributed by atoms with van der Waals surface area (Å²) in [6, 6.07) is 1.37. The molecule has 0 aliphatic carbocycles. The molecule has 0 aromatic heterocycles. The van der Waals surface area contributed by atoms with Gasteiger partial charge in [-0.2, -0.15) is 0 Å². The lowest BCUT2D eigenvalue weighted by atomic mass is 10.2. The van der Waals surface area contributed by atoms with Crippen LogP contribution < -0.4 is 16.8 Å².